The fourth-order valence-electron chi connectivity index (χ4n) is 4.73. The Morgan fingerprint density at radius 2 is 1.34 bits per heavy atom. The van der Waals surface area contributed by atoms with Gasteiger partial charge in [-0.3, -0.25) is 0 Å². The van der Waals surface area contributed by atoms with Crippen molar-refractivity contribution in [2.45, 2.75) is 86.4 Å². The topological polar surface area (TPSA) is 65.8 Å². The van der Waals surface area contributed by atoms with Crippen LogP contribution in [0.25, 0.3) is 11.3 Å². The first kappa shape index (κ1) is 35.5. The van der Waals surface area contributed by atoms with Crippen LogP contribution in [0.4, 0.5) is 17.1 Å². The standard InChI is InChI=1S/C27H23N2O.C11H24O2.Ir/c1-27(2,3)19-14-16-20(17-15-19)29-23-11-4-5-13-25(23)30-26-21(9-8-12-24(26)29)22-10-6-7-18-28-22;1-10(2,3)8(12)7-9(13)11(4,5)6;/h4-8,10-18H,1-3H3;8-9,12-13H,7H2,1-6H3;/q-1;;. The number of hydrogen-bond donors (Lipinski definition) is 2. The molecule has 1 aliphatic rings. The molecule has 0 bridgehead atoms. The first-order valence-corrected chi connectivity index (χ1v) is 15.1. The van der Waals surface area contributed by atoms with Gasteiger partial charge in [0.05, 0.1) is 23.6 Å². The Hall–Kier alpha value is -3.02. The van der Waals surface area contributed by atoms with Crippen molar-refractivity contribution < 1.29 is 35.1 Å². The molecule has 1 aliphatic heterocycles. The number of nitrogens with zero attached hydrogens (tertiary/aromatic N) is 2. The maximum atomic E-state index is 9.76. The minimum absolute atomic E-state index is 0. The Balaban J connectivity index is 0.000000324. The summed E-state index contributed by atoms with van der Waals surface area (Å²) in [6.07, 6.45) is 1.36. The van der Waals surface area contributed by atoms with Crippen molar-refractivity contribution in [1.82, 2.24) is 4.98 Å². The molecule has 0 fully saturated rings. The number of fused-ring (bicyclic) bond motifs is 2. The Morgan fingerprint density at radius 1 is 0.750 bits per heavy atom. The van der Waals surface area contributed by atoms with Crippen molar-refractivity contribution in [2.24, 2.45) is 10.8 Å². The number of anilines is 3. The smallest absolute Gasteiger partial charge is 0.138 e. The van der Waals surface area contributed by atoms with E-state index < -0.39 is 12.2 Å². The number of para-hydroxylation sites is 2. The molecule has 5 rings (SSSR count). The Kier molecular flexibility index (Phi) is 11.2. The molecule has 0 amide bonds. The van der Waals surface area contributed by atoms with Crippen LogP contribution in [-0.2, 0) is 25.5 Å². The maximum Gasteiger partial charge on any atom is 0.138 e. The molecular formula is C38H47IrN2O3-. The number of aromatic nitrogens is 1. The summed E-state index contributed by atoms with van der Waals surface area (Å²) in [5.74, 6) is 1.59. The SMILES string of the molecule is CC(C)(C)C(O)CC(O)C(C)(C)C.CC(C)(C)c1ccc(N2c3ccccc3Oc3c(-c4ccccn4)[c-]ccc32)cc1.[Ir]. The summed E-state index contributed by atoms with van der Waals surface area (Å²) in [4.78, 5) is 6.77. The van der Waals surface area contributed by atoms with E-state index in [0.29, 0.717) is 6.42 Å². The monoisotopic (exact) mass is 772 g/mol. The second-order valence-corrected chi connectivity index (χ2v) is 14.5. The van der Waals surface area contributed by atoms with Crippen molar-refractivity contribution in [3.05, 3.63) is 96.7 Å². The number of pyridine rings is 1. The molecule has 0 saturated heterocycles. The minimum Gasteiger partial charge on any atom is -0.498 e. The number of hydrogen-bond acceptors (Lipinski definition) is 5. The average molecular weight is 772 g/mol. The number of aliphatic hydroxyl groups excluding tert-OH is 2. The molecule has 5 nitrogen and oxygen atoms in total. The summed E-state index contributed by atoms with van der Waals surface area (Å²) >= 11 is 0. The van der Waals surface area contributed by atoms with E-state index in [2.05, 4.69) is 73.1 Å². The molecule has 44 heavy (non-hydrogen) atoms. The molecule has 0 saturated carbocycles. The number of benzene rings is 3. The van der Waals surface area contributed by atoms with Gasteiger partial charge in [-0.25, -0.2) is 0 Å². The van der Waals surface area contributed by atoms with Crippen LogP contribution in [-0.4, -0.2) is 27.4 Å². The third-order valence-corrected chi connectivity index (χ3v) is 7.85. The van der Waals surface area contributed by atoms with Gasteiger partial charge in [-0.15, -0.1) is 18.2 Å². The van der Waals surface area contributed by atoms with Gasteiger partial charge in [0.25, 0.3) is 0 Å². The van der Waals surface area contributed by atoms with E-state index in [1.165, 1.54) is 5.56 Å². The molecule has 2 heterocycles. The zero-order valence-corrected chi connectivity index (χ0v) is 29.9. The predicted octanol–water partition coefficient (Wildman–Crippen LogP) is 9.61. The number of ether oxygens (including phenoxy) is 1. The van der Waals surface area contributed by atoms with Gasteiger partial charge in [0.15, 0.2) is 0 Å². The van der Waals surface area contributed by atoms with Gasteiger partial charge in [0, 0.05) is 44.1 Å². The van der Waals surface area contributed by atoms with Crippen LogP contribution in [0, 0.1) is 16.9 Å². The molecule has 237 valence electrons. The normalized spacial score (nSPS) is 14.1. The summed E-state index contributed by atoms with van der Waals surface area (Å²) in [7, 11) is 0. The van der Waals surface area contributed by atoms with Gasteiger partial charge >= 0.3 is 0 Å². The quantitative estimate of drug-likeness (QED) is 0.178. The molecule has 2 atom stereocenters. The van der Waals surface area contributed by atoms with Crippen molar-refractivity contribution >= 4 is 17.1 Å². The zero-order chi connectivity index (χ0) is 31.6. The minimum atomic E-state index is -0.443. The van der Waals surface area contributed by atoms with Crippen LogP contribution < -0.4 is 9.64 Å². The summed E-state index contributed by atoms with van der Waals surface area (Å²) in [6.45, 7) is 18.6. The van der Waals surface area contributed by atoms with Crippen molar-refractivity contribution in [3.63, 3.8) is 0 Å². The molecule has 1 radical (unpaired) electrons. The molecule has 0 spiro atoms. The number of rotatable bonds is 4. The summed E-state index contributed by atoms with van der Waals surface area (Å²) < 4.78 is 6.38. The van der Waals surface area contributed by atoms with Crippen LogP contribution >= 0.6 is 0 Å². The second-order valence-electron chi connectivity index (χ2n) is 14.5. The first-order valence-electron chi connectivity index (χ1n) is 15.1. The van der Waals surface area contributed by atoms with Gasteiger partial charge in [-0.05, 0) is 57.8 Å². The van der Waals surface area contributed by atoms with E-state index in [9.17, 15) is 10.2 Å². The van der Waals surface area contributed by atoms with Crippen LogP contribution in [0.1, 0.15) is 74.3 Å². The van der Waals surface area contributed by atoms with Crippen LogP contribution in [0.3, 0.4) is 0 Å². The molecule has 1 aromatic heterocycles. The molecule has 2 N–H and O–H groups in total. The maximum absolute atomic E-state index is 9.76. The molecule has 2 unspecified atom stereocenters. The van der Waals surface area contributed by atoms with Gasteiger partial charge in [-0.2, -0.15) is 0 Å². The molecule has 3 aromatic carbocycles. The molecule has 4 aromatic rings. The summed E-state index contributed by atoms with van der Waals surface area (Å²) in [6, 6.07) is 30.1. The second kappa shape index (κ2) is 14.0. The van der Waals surface area contributed by atoms with E-state index in [1.807, 2.05) is 84.0 Å². The van der Waals surface area contributed by atoms with E-state index in [0.717, 1.165) is 39.8 Å². The third kappa shape index (κ3) is 8.37. The molecule has 6 heteroatoms. The predicted molar refractivity (Wildman–Crippen MR) is 178 cm³/mol. The van der Waals surface area contributed by atoms with Crippen LogP contribution in [0.5, 0.6) is 11.5 Å². The molecular weight excluding hydrogens is 725 g/mol. The van der Waals surface area contributed by atoms with Crippen LogP contribution in [0.15, 0.2) is 85.1 Å². The van der Waals surface area contributed by atoms with Gasteiger partial charge < -0.3 is 24.8 Å². The Labute approximate surface area is 277 Å². The largest absolute Gasteiger partial charge is 0.498 e. The Morgan fingerprint density at radius 3 is 1.89 bits per heavy atom. The summed E-state index contributed by atoms with van der Waals surface area (Å²) in [5.41, 5.74) is 5.93. The third-order valence-electron chi connectivity index (χ3n) is 7.85. The first-order chi connectivity index (χ1) is 20.1. The van der Waals surface area contributed by atoms with E-state index in [1.54, 1.807) is 6.20 Å². The van der Waals surface area contributed by atoms with Gasteiger partial charge in [0.2, 0.25) is 0 Å². The van der Waals surface area contributed by atoms with E-state index in [-0.39, 0.29) is 36.4 Å². The van der Waals surface area contributed by atoms with Gasteiger partial charge in [0.1, 0.15) is 5.75 Å². The summed E-state index contributed by atoms with van der Waals surface area (Å²) in [5, 5.41) is 19.5. The van der Waals surface area contributed by atoms with E-state index >= 15 is 0 Å². The van der Waals surface area contributed by atoms with Crippen molar-refractivity contribution in [2.75, 3.05) is 4.90 Å². The Bertz CT molecular complexity index is 1480. The zero-order valence-electron chi connectivity index (χ0n) is 27.5. The fourth-order valence-corrected chi connectivity index (χ4v) is 4.73. The average Bonchev–Trinajstić information content (AvgIpc) is 2.95. The van der Waals surface area contributed by atoms with E-state index in [4.69, 9.17) is 4.74 Å². The molecule has 0 aliphatic carbocycles. The van der Waals surface area contributed by atoms with Crippen molar-refractivity contribution in [1.29, 1.82) is 0 Å². The fraction of sp³-hybridized carbons (Fsp3) is 0.395. The van der Waals surface area contributed by atoms with Crippen LogP contribution in [0.2, 0.25) is 0 Å². The van der Waals surface area contributed by atoms with Gasteiger partial charge in [-0.1, -0.05) is 104 Å². The van der Waals surface area contributed by atoms with Crippen molar-refractivity contribution in [3.8, 4) is 22.8 Å². The number of aliphatic hydroxyl groups is 2.